The first-order valence-corrected chi connectivity index (χ1v) is 8.12. The molecule has 0 saturated carbocycles. The van der Waals surface area contributed by atoms with E-state index >= 15 is 0 Å². The van der Waals surface area contributed by atoms with Crippen molar-refractivity contribution in [2.45, 2.75) is 32.6 Å². The lowest BCUT2D eigenvalue weighted by Crippen LogP contribution is -2.38. The number of nitrogens with zero attached hydrogens (tertiary/aromatic N) is 6. The molecule has 1 aliphatic rings. The van der Waals surface area contributed by atoms with Gasteiger partial charge in [-0.2, -0.15) is 14.7 Å². The number of piperidine rings is 1. The smallest absolute Gasteiger partial charge is 0.274 e. The second kappa shape index (κ2) is 5.70. The van der Waals surface area contributed by atoms with E-state index in [1.807, 2.05) is 35.4 Å². The van der Waals surface area contributed by atoms with Crippen LogP contribution in [0.3, 0.4) is 0 Å². The molecule has 0 bridgehead atoms. The Kier molecular flexibility index (Phi) is 3.51. The van der Waals surface area contributed by atoms with Crippen molar-refractivity contribution in [2.24, 2.45) is 0 Å². The fraction of sp³-hybridized carbons (Fsp3) is 0.438. The van der Waals surface area contributed by atoms with E-state index in [2.05, 4.69) is 25.5 Å². The first kappa shape index (κ1) is 14.8. The van der Waals surface area contributed by atoms with E-state index in [0.717, 1.165) is 35.7 Å². The Balaban J connectivity index is 1.49. The van der Waals surface area contributed by atoms with E-state index in [1.54, 1.807) is 6.07 Å². The Bertz CT molecular complexity index is 889. The molecule has 1 fully saturated rings. The molecule has 4 rings (SSSR count). The maximum Gasteiger partial charge on any atom is 0.274 e. The van der Waals surface area contributed by atoms with Gasteiger partial charge >= 0.3 is 0 Å². The summed E-state index contributed by atoms with van der Waals surface area (Å²) in [6, 6.07) is 5.64. The fourth-order valence-corrected chi connectivity index (χ4v) is 3.18. The minimum absolute atomic E-state index is 0.0159. The quantitative estimate of drug-likeness (QED) is 0.770. The molecule has 1 amide bonds. The molecular weight excluding hydrogens is 306 g/mol. The molecule has 3 aromatic heterocycles. The normalized spacial score (nSPS) is 16.0. The molecule has 1 aliphatic heterocycles. The summed E-state index contributed by atoms with van der Waals surface area (Å²) in [6.07, 6.45) is 1.71. The number of hydrogen-bond acceptors (Lipinski definition) is 5. The van der Waals surface area contributed by atoms with Crippen molar-refractivity contribution < 1.29 is 4.79 Å². The summed E-state index contributed by atoms with van der Waals surface area (Å²) in [5, 5.41) is 19.9. The van der Waals surface area contributed by atoms with E-state index in [-0.39, 0.29) is 11.8 Å². The lowest BCUT2D eigenvalue weighted by Gasteiger charge is -2.30. The molecule has 4 heterocycles. The molecule has 0 aliphatic carbocycles. The van der Waals surface area contributed by atoms with Crippen molar-refractivity contribution in [3.8, 4) is 0 Å². The number of aryl methyl sites for hydroxylation is 2. The number of H-pyrrole nitrogens is 1. The zero-order chi connectivity index (χ0) is 16.7. The van der Waals surface area contributed by atoms with E-state index in [1.165, 1.54) is 0 Å². The van der Waals surface area contributed by atoms with Gasteiger partial charge in [0.2, 0.25) is 0 Å². The number of carbonyl (C=O) groups is 1. The average Bonchev–Trinajstić information content (AvgIpc) is 3.20. The van der Waals surface area contributed by atoms with Gasteiger partial charge in [-0.3, -0.25) is 9.89 Å². The van der Waals surface area contributed by atoms with Gasteiger partial charge in [0.05, 0.1) is 5.69 Å². The Hall–Kier alpha value is -2.77. The van der Waals surface area contributed by atoms with Gasteiger partial charge in [-0.05, 0) is 44.9 Å². The molecule has 3 aromatic rings. The monoisotopic (exact) mass is 325 g/mol. The lowest BCUT2D eigenvalue weighted by atomic mass is 9.96. The van der Waals surface area contributed by atoms with Crippen molar-refractivity contribution in [3.05, 3.63) is 41.1 Å². The van der Waals surface area contributed by atoms with Crippen LogP contribution in [0.2, 0.25) is 0 Å². The second-order valence-corrected chi connectivity index (χ2v) is 6.31. The molecule has 0 radical (unpaired) electrons. The number of likely N-dealkylation sites (tertiary alicyclic amines) is 1. The molecule has 8 nitrogen and oxygen atoms in total. The molecule has 1 saturated heterocycles. The number of amides is 1. The molecule has 0 spiro atoms. The molecule has 0 atom stereocenters. The fourth-order valence-electron chi connectivity index (χ4n) is 3.18. The van der Waals surface area contributed by atoms with Gasteiger partial charge < -0.3 is 4.90 Å². The molecule has 124 valence electrons. The van der Waals surface area contributed by atoms with E-state index < -0.39 is 0 Å². The van der Waals surface area contributed by atoms with E-state index in [4.69, 9.17) is 0 Å². The third kappa shape index (κ3) is 2.53. The van der Waals surface area contributed by atoms with Crippen LogP contribution in [-0.2, 0) is 0 Å². The first-order valence-electron chi connectivity index (χ1n) is 8.12. The summed E-state index contributed by atoms with van der Waals surface area (Å²) in [6.45, 7) is 5.23. The minimum Gasteiger partial charge on any atom is -0.337 e. The highest BCUT2D eigenvalue weighted by molar-refractivity contribution is 5.92. The number of carbonyl (C=O) groups excluding carboxylic acids is 1. The zero-order valence-corrected chi connectivity index (χ0v) is 13.7. The molecule has 1 N–H and O–H groups in total. The summed E-state index contributed by atoms with van der Waals surface area (Å²) < 4.78 is 1.83. The number of nitrogens with one attached hydrogen (secondary N) is 1. The van der Waals surface area contributed by atoms with Crippen LogP contribution in [0.15, 0.2) is 18.2 Å². The van der Waals surface area contributed by atoms with Crippen LogP contribution in [0.1, 0.15) is 46.5 Å². The molecule has 8 heteroatoms. The van der Waals surface area contributed by atoms with Gasteiger partial charge in [-0.25, -0.2) is 0 Å². The third-order valence-corrected chi connectivity index (χ3v) is 4.49. The minimum atomic E-state index is -0.0159. The van der Waals surface area contributed by atoms with Crippen LogP contribution in [0, 0.1) is 13.8 Å². The van der Waals surface area contributed by atoms with E-state index in [9.17, 15) is 4.79 Å². The summed E-state index contributed by atoms with van der Waals surface area (Å²) in [5.74, 6) is 1.13. The van der Waals surface area contributed by atoms with E-state index in [0.29, 0.717) is 18.8 Å². The van der Waals surface area contributed by atoms with Crippen LogP contribution in [0.25, 0.3) is 5.65 Å². The van der Waals surface area contributed by atoms with Crippen LogP contribution in [0.5, 0.6) is 0 Å². The Morgan fingerprint density at radius 3 is 2.71 bits per heavy atom. The van der Waals surface area contributed by atoms with Crippen LogP contribution in [-0.4, -0.2) is 53.9 Å². The largest absolute Gasteiger partial charge is 0.337 e. The number of fused-ring (bicyclic) bond motifs is 1. The number of aromatic nitrogens is 6. The van der Waals surface area contributed by atoms with Crippen molar-refractivity contribution >= 4 is 11.6 Å². The summed E-state index contributed by atoms with van der Waals surface area (Å²) >= 11 is 0. The Labute approximate surface area is 138 Å². The molecule has 24 heavy (non-hydrogen) atoms. The van der Waals surface area contributed by atoms with Crippen molar-refractivity contribution in [1.82, 2.24) is 34.9 Å². The van der Waals surface area contributed by atoms with Crippen molar-refractivity contribution in [1.29, 1.82) is 0 Å². The van der Waals surface area contributed by atoms with Crippen LogP contribution < -0.4 is 0 Å². The molecule has 0 unspecified atom stereocenters. The highest BCUT2D eigenvalue weighted by Gasteiger charge is 2.28. The van der Waals surface area contributed by atoms with Crippen LogP contribution in [0.4, 0.5) is 0 Å². The van der Waals surface area contributed by atoms with Gasteiger partial charge in [-0.15, -0.1) is 10.2 Å². The number of hydrogen-bond donors (Lipinski definition) is 1. The Morgan fingerprint density at radius 2 is 2.00 bits per heavy atom. The number of aromatic amines is 1. The van der Waals surface area contributed by atoms with Crippen LogP contribution >= 0.6 is 0 Å². The second-order valence-electron chi connectivity index (χ2n) is 6.31. The van der Waals surface area contributed by atoms with Gasteiger partial charge in [-0.1, -0.05) is 0 Å². The Morgan fingerprint density at radius 1 is 1.21 bits per heavy atom. The standard InChI is InChI=1S/C16H19N7O/c1-10-3-4-14-19-20-15(23(14)21-10)12-5-7-22(8-6-12)16(24)13-9-11(2)17-18-13/h3-4,9,12H,5-8H2,1-2H3,(H,17,18). The van der Waals surface area contributed by atoms with Gasteiger partial charge in [0.15, 0.2) is 11.5 Å². The molecular formula is C16H19N7O. The van der Waals surface area contributed by atoms with Gasteiger partial charge in [0.1, 0.15) is 5.69 Å². The predicted octanol–water partition coefficient (Wildman–Crippen LogP) is 1.48. The first-order chi connectivity index (χ1) is 11.6. The zero-order valence-electron chi connectivity index (χ0n) is 13.7. The van der Waals surface area contributed by atoms with Crippen molar-refractivity contribution in [2.75, 3.05) is 13.1 Å². The number of rotatable bonds is 2. The average molecular weight is 325 g/mol. The summed E-state index contributed by atoms with van der Waals surface area (Å²) in [4.78, 5) is 14.3. The lowest BCUT2D eigenvalue weighted by molar-refractivity contribution is 0.0704. The highest BCUT2D eigenvalue weighted by Crippen LogP contribution is 2.27. The third-order valence-electron chi connectivity index (χ3n) is 4.49. The highest BCUT2D eigenvalue weighted by atomic mass is 16.2. The van der Waals surface area contributed by atoms with Gasteiger partial charge in [0, 0.05) is 24.7 Å². The molecule has 0 aromatic carbocycles. The van der Waals surface area contributed by atoms with Gasteiger partial charge in [0.25, 0.3) is 5.91 Å². The topological polar surface area (TPSA) is 92.1 Å². The maximum absolute atomic E-state index is 12.5. The van der Waals surface area contributed by atoms with Crippen molar-refractivity contribution in [3.63, 3.8) is 0 Å². The maximum atomic E-state index is 12.5. The summed E-state index contributed by atoms with van der Waals surface area (Å²) in [5.41, 5.74) is 3.08. The summed E-state index contributed by atoms with van der Waals surface area (Å²) in [7, 11) is 0. The SMILES string of the molecule is Cc1ccc2nnc(C3CCN(C(=O)c4cc(C)[nH]n4)CC3)n2n1. The predicted molar refractivity (Wildman–Crippen MR) is 86.7 cm³/mol.